The Labute approximate surface area is 224 Å². The Bertz CT molecular complexity index is 1110. The Morgan fingerprint density at radius 1 is 0.947 bits per heavy atom. The van der Waals surface area contributed by atoms with E-state index >= 15 is 0 Å². The first-order chi connectivity index (χ1) is 17.9. The second kappa shape index (κ2) is 14.0. The van der Waals surface area contributed by atoms with E-state index in [0.717, 1.165) is 0 Å². The van der Waals surface area contributed by atoms with Gasteiger partial charge in [-0.2, -0.15) is 0 Å². The van der Waals surface area contributed by atoms with Crippen LogP contribution in [0.4, 0.5) is 0 Å². The summed E-state index contributed by atoms with van der Waals surface area (Å²) < 4.78 is 11.0. The summed E-state index contributed by atoms with van der Waals surface area (Å²) >= 11 is 0. The van der Waals surface area contributed by atoms with E-state index in [9.17, 15) is 24.9 Å². The van der Waals surface area contributed by atoms with Crippen molar-refractivity contribution in [3.8, 4) is 5.75 Å². The molecular formula is C30H39NO7. The second-order valence-corrected chi connectivity index (χ2v) is 9.84. The second-order valence-electron chi connectivity index (χ2n) is 9.84. The van der Waals surface area contributed by atoms with E-state index in [4.69, 9.17) is 9.47 Å². The number of aliphatic hydroxyl groups excluding tert-OH is 3. The van der Waals surface area contributed by atoms with Gasteiger partial charge in [-0.3, -0.25) is 4.79 Å². The molecule has 8 heteroatoms. The van der Waals surface area contributed by atoms with Crippen LogP contribution in [0.3, 0.4) is 0 Å². The quantitative estimate of drug-likeness (QED) is 0.155. The highest BCUT2D eigenvalue weighted by molar-refractivity contribution is 5.91. The zero-order valence-corrected chi connectivity index (χ0v) is 22.9. The number of carbonyl (C=O) groups is 2. The van der Waals surface area contributed by atoms with Crippen molar-refractivity contribution in [1.29, 1.82) is 0 Å². The molecule has 0 aliphatic rings. The lowest BCUT2D eigenvalue weighted by molar-refractivity contribution is -0.157. The van der Waals surface area contributed by atoms with Crippen LogP contribution in [0.15, 0.2) is 76.8 Å². The number of ether oxygens (including phenoxy) is 2. The average molecular weight is 526 g/mol. The highest BCUT2D eigenvalue weighted by atomic mass is 16.6. The summed E-state index contributed by atoms with van der Waals surface area (Å²) in [5, 5.41) is 31.8. The van der Waals surface area contributed by atoms with Crippen LogP contribution < -0.4 is 4.74 Å². The van der Waals surface area contributed by atoms with E-state index in [1.807, 2.05) is 12.1 Å². The Kier molecular flexibility index (Phi) is 11.4. The van der Waals surface area contributed by atoms with Gasteiger partial charge in [-0.1, -0.05) is 69.3 Å². The molecule has 0 aliphatic heterocycles. The molecule has 0 saturated carbocycles. The lowest BCUT2D eigenvalue weighted by Crippen LogP contribution is -2.43. The number of Topliss-reactive ketones (excluding diaryl/α,β-unsaturated/α-hetero) is 1. The fourth-order valence-electron chi connectivity index (χ4n) is 3.88. The van der Waals surface area contributed by atoms with Crippen LogP contribution in [0.5, 0.6) is 5.75 Å². The third-order valence-electron chi connectivity index (χ3n) is 6.87. The highest BCUT2D eigenvalue weighted by Gasteiger charge is 2.39. The van der Waals surface area contributed by atoms with Crippen LogP contribution in [-0.4, -0.2) is 57.9 Å². The van der Waals surface area contributed by atoms with E-state index < -0.39 is 47.6 Å². The lowest BCUT2D eigenvalue weighted by atomic mass is 9.77. The monoisotopic (exact) mass is 525 g/mol. The first kappa shape index (κ1) is 30.9. The normalized spacial score (nSPS) is 16.7. The molecule has 5 atom stereocenters. The summed E-state index contributed by atoms with van der Waals surface area (Å²) in [7, 11) is 0. The van der Waals surface area contributed by atoms with Crippen molar-refractivity contribution in [3.05, 3.63) is 77.4 Å². The Morgan fingerprint density at radius 2 is 1.50 bits per heavy atom. The van der Waals surface area contributed by atoms with Crippen molar-refractivity contribution in [2.75, 3.05) is 0 Å². The third kappa shape index (κ3) is 7.84. The first-order valence-electron chi connectivity index (χ1n) is 12.7. The minimum atomic E-state index is -1.64. The molecule has 3 N–H and O–H groups in total. The molecule has 0 saturated heterocycles. The summed E-state index contributed by atoms with van der Waals surface area (Å²) in [5.41, 5.74) is 0.197. The van der Waals surface area contributed by atoms with E-state index in [1.54, 1.807) is 90.1 Å². The molecule has 0 heterocycles. The number of rotatable bonds is 13. The largest absolute Gasteiger partial charge is 0.456 e. The number of benzene rings is 2. The number of aliphatic hydroxyl groups is 3. The average Bonchev–Trinajstić information content (AvgIpc) is 2.93. The molecule has 2 rings (SSSR count). The van der Waals surface area contributed by atoms with E-state index in [0.29, 0.717) is 28.9 Å². The Morgan fingerprint density at radius 3 is 2.05 bits per heavy atom. The van der Waals surface area contributed by atoms with E-state index in [-0.39, 0.29) is 0 Å². The summed E-state index contributed by atoms with van der Waals surface area (Å²) in [4.78, 5) is 30.1. The van der Waals surface area contributed by atoms with Gasteiger partial charge in [0.05, 0.1) is 11.5 Å². The van der Waals surface area contributed by atoms with Gasteiger partial charge >= 0.3 is 5.97 Å². The number of hydrogen-bond acceptors (Lipinski definition) is 8. The maximum atomic E-state index is 12.9. The van der Waals surface area contributed by atoms with Crippen LogP contribution in [-0.2, 0) is 14.3 Å². The van der Waals surface area contributed by atoms with Gasteiger partial charge in [0.25, 0.3) is 0 Å². The number of esters is 1. The molecule has 0 aliphatic carbocycles. The van der Waals surface area contributed by atoms with Crippen molar-refractivity contribution in [3.63, 3.8) is 0 Å². The maximum Gasteiger partial charge on any atom is 0.338 e. The molecule has 0 spiro atoms. The standard InChI is InChI=1S/C30H39NO7/c1-7-24(32)30(5,6)28(35)26(33)20(3)19(2)21(4)38-29(36)27(34)25(22-14-10-8-11-15-22)31-18-37-23-16-12-9-13-17-23/h8-18,21,24-27,32-34H,7H2,1-6H3/b20-19+,31-18?/t21-,24-,25-,26+,27+/m0/s1. The number of ketones is 1. The van der Waals surface area contributed by atoms with Gasteiger partial charge in [0.2, 0.25) is 0 Å². The zero-order chi connectivity index (χ0) is 28.5. The van der Waals surface area contributed by atoms with Gasteiger partial charge in [-0.15, -0.1) is 0 Å². The summed E-state index contributed by atoms with van der Waals surface area (Å²) in [6.07, 6.45) is -3.34. The molecule has 2 aromatic rings. The number of para-hydroxylation sites is 1. The molecular weight excluding hydrogens is 486 g/mol. The fourth-order valence-corrected chi connectivity index (χ4v) is 3.88. The van der Waals surface area contributed by atoms with Gasteiger partial charge in [-0.25, -0.2) is 9.79 Å². The summed E-state index contributed by atoms with van der Waals surface area (Å²) in [6, 6.07) is 16.8. The predicted octanol–water partition coefficient (Wildman–Crippen LogP) is 4.19. The van der Waals surface area contributed by atoms with Gasteiger partial charge in [0, 0.05) is 0 Å². The van der Waals surface area contributed by atoms with E-state index in [2.05, 4.69) is 4.99 Å². The van der Waals surface area contributed by atoms with Crippen LogP contribution in [0.1, 0.15) is 59.6 Å². The molecule has 8 nitrogen and oxygen atoms in total. The number of aliphatic imine (C=N–C) groups is 1. The number of carbonyl (C=O) groups excluding carboxylic acids is 2. The summed E-state index contributed by atoms with van der Waals surface area (Å²) in [5.74, 6) is -0.898. The topological polar surface area (TPSA) is 126 Å². The van der Waals surface area contributed by atoms with Crippen LogP contribution in [0, 0.1) is 5.41 Å². The first-order valence-corrected chi connectivity index (χ1v) is 12.7. The lowest BCUT2D eigenvalue weighted by Gasteiger charge is -2.31. The van der Waals surface area contributed by atoms with E-state index in [1.165, 1.54) is 6.40 Å². The molecule has 0 fully saturated rings. The number of hydrogen-bond donors (Lipinski definition) is 3. The summed E-state index contributed by atoms with van der Waals surface area (Å²) in [6.45, 7) is 9.73. The molecule has 0 aromatic heterocycles. The van der Waals surface area contributed by atoms with Crippen LogP contribution in [0.25, 0.3) is 0 Å². The molecule has 0 radical (unpaired) electrons. The Balaban J connectivity index is 2.19. The predicted molar refractivity (Wildman–Crippen MR) is 146 cm³/mol. The SMILES string of the molecule is CC[C@H](O)C(C)(C)C(=O)[C@H](O)/C(C)=C(\C)[C@H](C)OC(=O)[C@H](O)[C@@H](N=COc1ccccc1)c1ccccc1. The molecule has 0 amide bonds. The highest BCUT2D eigenvalue weighted by Crippen LogP contribution is 2.29. The molecule has 0 bridgehead atoms. The van der Waals surface area contributed by atoms with Crippen molar-refractivity contribution in [2.45, 2.75) is 78.4 Å². The smallest absolute Gasteiger partial charge is 0.338 e. The minimum Gasteiger partial charge on any atom is -0.456 e. The third-order valence-corrected chi connectivity index (χ3v) is 6.87. The van der Waals surface area contributed by atoms with Crippen LogP contribution in [0.2, 0.25) is 0 Å². The fraction of sp³-hybridized carbons (Fsp3) is 0.433. The van der Waals surface area contributed by atoms with Gasteiger partial charge in [0.1, 0.15) is 24.0 Å². The molecule has 206 valence electrons. The van der Waals surface area contributed by atoms with Crippen molar-refractivity contribution in [2.24, 2.45) is 10.4 Å². The van der Waals surface area contributed by atoms with Gasteiger partial charge in [-0.05, 0) is 56.0 Å². The molecule has 2 aromatic carbocycles. The van der Waals surface area contributed by atoms with Crippen molar-refractivity contribution in [1.82, 2.24) is 0 Å². The molecule has 38 heavy (non-hydrogen) atoms. The van der Waals surface area contributed by atoms with Crippen LogP contribution >= 0.6 is 0 Å². The van der Waals surface area contributed by atoms with Crippen molar-refractivity contribution < 1.29 is 34.4 Å². The Hall–Kier alpha value is -3.33. The zero-order valence-electron chi connectivity index (χ0n) is 22.9. The van der Waals surface area contributed by atoms with Crippen molar-refractivity contribution >= 4 is 18.2 Å². The van der Waals surface area contributed by atoms with Gasteiger partial charge in [0.15, 0.2) is 18.3 Å². The van der Waals surface area contributed by atoms with Gasteiger partial charge < -0.3 is 24.8 Å². The molecule has 0 unspecified atom stereocenters. The maximum absolute atomic E-state index is 12.9. The number of nitrogens with zero attached hydrogens (tertiary/aromatic N) is 1. The minimum absolute atomic E-state index is 0.315.